The Morgan fingerprint density at radius 3 is 2.77 bits per heavy atom. The molecule has 0 saturated carbocycles. The van der Waals surface area contributed by atoms with Gasteiger partial charge in [0.15, 0.2) is 0 Å². The predicted octanol–water partition coefficient (Wildman–Crippen LogP) is 2.97. The van der Waals surface area contributed by atoms with Crippen LogP contribution < -0.4 is 5.32 Å². The van der Waals surface area contributed by atoms with E-state index >= 15 is 0 Å². The maximum Gasteiger partial charge on any atom is 0.116 e. The van der Waals surface area contributed by atoms with Crippen molar-refractivity contribution in [2.24, 2.45) is 0 Å². The number of thiophene rings is 1. The van der Waals surface area contributed by atoms with Crippen molar-refractivity contribution in [3.8, 4) is 0 Å². The second kappa shape index (κ2) is 4.31. The molecule has 0 amide bonds. The summed E-state index contributed by atoms with van der Waals surface area (Å²) in [6, 6.07) is 1.94. The SMILES string of the molecule is CC(C)(O)CCNc1ccsc1Cl. The summed E-state index contributed by atoms with van der Waals surface area (Å²) in [6.45, 7) is 4.33. The van der Waals surface area contributed by atoms with E-state index in [0.29, 0.717) is 6.42 Å². The number of hydrogen-bond donors (Lipinski definition) is 2. The summed E-state index contributed by atoms with van der Waals surface area (Å²) >= 11 is 7.39. The molecule has 1 rings (SSSR count). The molecule has 1 aromatic heterocycles. The minimum absolute atomic E-state index is 0.616. The van der Waals surface area contributed by atoms with Crippen LogP contribution in [0.1, 0.15) is 20.3 Å². The van der Waals surface area contributed by atoms with Crippen molar-refractivity contribution in [1.29, 1.82) is 0 Å². The van der Waals surface area contributed by atoms with E-state index in [0.717, 1.165) is 16.6 Å². The van der Waals surface area contributed by atoms with Crippen molar-refractivity contribution < 1.29 is 5.11 Å². The highest BCUT2D eigenvalue weighted by atomic mass is 35.5. The van der Waals surface area contributed by atoms with Crippen molar-refractivity contribution in [3.05, 3.63) is 15.8 Å². The molecule has 0 radical (unpaired) electrons. The largest absolute Gasteiger partial charge is 0.390 e. The fourth-order valence-corrected chi connectivity index (χ4v) is 1.80. The summed E-state index contributed by atoms with van der Waals surface area (Å²) in [5, 5.41) is 14.6. The lowest BCUT2D eigenvalue weighted by atomic mass is 10.1. The van der Waals surface area contributed by atoms with Gasteiger partial charge in [0.2, 0.25) is 0 Å². The van der Waals surface area contributed by atoms with Gasteiger partial charge in [0, 0.05) is 6.54 Å². The highest BCUT2D eigenvalue weighted by Crippen LogP contribution is 2.27. The molecule has 0 bridgehead atoms. The molecule has 1 aromatic rings. The highest BCUT2D eigenvalue weighted by molar-refractivity contribution is 7.15. The van der Waals surface area contributed by atoms with Gasteiger partial charge in [-0.2, -0.15) is 0 Å². The molecule has 74 valence electrons. The number of aliphatic hydroxyl groups is 1. The van der Waals surface area contributed by atoms with Gasteiger partial charge in [0.25, 0.3) is 0 Å². The van der Waals surface area contributed by atoms with Crippen LogP contribution in [0.25, 0.3) is 0 Å². The third-order valence-corrected chi connectivity index (χ3v) is 2.84. The lowest BCUT2D eigenvalue weighted by Gasteiger charge is -2.17. The van der Waals surface area contributed by atoms with E-state index in [1.807, 2.05) is 11.4 Å². The maximum atomic E-state index is 9.45. The lowest BCUT2D eigenvalue weighted by Crippen LogP contribution is -2.22. The third kappa shape index (κ3) is 3.98. The van der Waals surface area contributed by atoms with Crippen molar-refractivity contribution in [2.75, 3.05) is 11.9 Å². The monoisotopic (exact) mass is 219 g/mol. The van der Waals surface area contributed by atoms with E-state index in [2.05, 4.69) is 5.32 Å². The Morgan fingerprint density at radius 1 is 1.62 bits per heavy atom. The fraction of sp³-hybridized carbons (Fsp3) is 0.556. The van der Waals surface area contributed by atoms with Gasteiger partial charge >= 0.3 is 0 Å². The molecule has 2 nitrogen and oxygen atoms in total. The molecule has 0 spiro atoms. The smallest absolute Gasteiger partial charge is 0.116 e. The molecule has 0 aromatic carbocycles. The van der Waals surface area contributed by atoms with Crippen LogP contribution in [0.15, 0.2) is 11.4 Å². The van der Waals surface area contributed by atoms with Gasteiger partial charge in [0.1, 0.15) is 4.34 Å². The normalized spacial score (nSPS) is 11.7. The van der Waals surface area contributed by atoms with Crippen molar-refractivity contribution >= 4 is 28.6 Å². The summed E-state index contributed by atoms with van der Waals surface area (Å²) in [4.78, 5) is 0. The Hall–Kier alpha value is -0.250. The Balaban J connectivity index is 2.32. The predicted molar refractivity (Wildman–Crippen MR) is 58.7 cm³/mol. The van der Waals surface area contributed by atoms with Crippen LogP contribution in [-0.4, -0.2) is 17.3 Å². The van der Waals surface area contributed by atoms with E-state index in [1.165, 1.54) is 11.3 Å². The van der Waals surface area contributed by atoms with E-state index in [-0.39, 0.29) is 0 Å². The zero-order valence-corrected chi connectivity index (χ0v) is 9.37. The van der Waals surface area contributed by atoms with E-state index in [1.54, 1.807) is 13.8 Å². The van der Waals surface area contributed by atoms with Crippen LogP contribution >= 0.6 is 22.9 Å². The molecule has 0 aliphatic rings. The number of rotatable bonds is 4. The van der Waals surface area contributed by atoms with Crippen molar-refractivity contribution in [1.82, 2.24) is 0 Å². The van der Waals surface area contributed by atoms with Gasteiger partial charge in [0.05, 0.1) is 11.3 Å². The van der Waals surface area contributed by atoms with E-state index in [4.69, 9.17) is 11.6 Å². The minimum atomic E-state index is -0.616. The summed E-state index contributed by atoms with van der Waals surface area (Å²) in [5.41, 5.74) is 0.339. The van der Waals surface area contributed by atoms with Crippen LogP contribution in [0.3, 0.4) is 0 Å². The standard InChI is InChI=1S/C9H14ClNOS/c1-9(2,12)4-5-11-7-3-6-13-8(7)10/h3,6,11-12H,4-5H2,1-2H3. The third-order valence-electron chi connectivity index (χ3n) is 1.67. The molecule has 0 fully saturated rings. The first-order valence-corrected chi connectivity index (χ1v) is 5.44. The Kier molecular flexibility index (Phi) is 3.59. The molecule has 0 saturated heterocycles. The topological polar surface area (TPSA) is 32.3 Å². The van der Waals surface area contributed by atoms with Crippen LogP contribution in [0.5, 0.6) is 0 Å². The van der Waals surface area contributed by atoms with Crippen molar-refractivity contribution in [2.45, 2.75) is 25.9 Å². The number of hydrogen-bond acceptors (Lipinski definition) is 3. The van der Waals surface area contributed by atoms with Crippen LogP contribution in [0, 0.1) is 0 Å². The Morgan fingerprint density at radius 2 is 2.31 bits per heavy atom. The van der Waals surface area contributed by atoms with Crippen LogP contribution in [0.4, 0.5) is 5.69 Å². The zero-order chi connectivity index (χ0) is 9.90. The Bertz CT molecular complexity index is 267. The molecule has 0 atom stereocenters. The second-order valence-electron chi connectivity index (χ2n) is 3.60. The summed E-state index contributed by atoms with van der Waals surface area (Å²) in [7, 11) is 0. The van der Waals surface area contributed by atoms with E-state index in [9.17, 15) is 5.11 Å². The first-order valence-electron chi connectivity index (χ1n) is 4.18. The molecule has 2 N–H and O–H groups in total. The zero-order valence-electron chi connectivity index (χ0n) is 7.80. The quantitative estimate of drug-likeness (QED) is 0.816. The molecule has 4 heteroatoms. The molecule has 13 heavy (non-hydrogen) atoms. The highest BCUT2D eigenvalue weighted by Gasteiger charge is 2.11. The van der Waals surface area contributed by atoms with Crippen molar-refractivity contribution in [3.63, 3.8) is 0 Å². The molecule has 0 aliphatic heterocycles. The fourth-order valence-electron chi connectivity index (χ4n) is 0.922. The maximum absolute atomic E-state index is 9.45. The van der Waals surface area contributed by atoms with Gasteiger partial charge in [-0.1, -0.05) is 11.6 Å². The van der Waals surface area contributed by atoms with Gasteiger partial charge in [-0.3, -0.25) is 0 Å². The molecule has 0 aliphatic carbocycles. The number of anilines is 1. The van der Waals surface area contributed by atoms with Gasteiger partial charge in [-0.05, 0) is 31.7 Å². The molecular formula is C9H14ClNOS. The summed E-state index contributed by atoms with van der Waals surface area (Å²) in [6.07, 6.45) is 0.708. The second-order valence-corrected chi connectivity index (χ2v) is 5.12. The summed E-state index contributed by atoms with van der Waals surface area (Å²) < 4.78 is 0.774. The molecule has 0 unspecified atom stereocenters. The first-order chi connectivity index (χ1) is 5.99. The minimum Gasteiger partial charge on any atom is -0.390 e. The number of halogens is 1. The van der Waals surface area contributed by atoms with Gasteiger partial charge in [-0.25, -0.2) is 0 Å². The molecule has 1 heterocycles. The first kappa shape index (κ1) is 10.8. The average Bonchev–Trinajstić information content (AvgIpc) is 2.34. The lowest BCUT2D eigenvalue weighted by molar-refractivity contribution is 0.0749. The van der Waals surface area contributed by atoms with Crippen LogP contribution in [-0.2, 0) is 0 Å². The summed E-state index contributed by atoms with van der Waals surface area (Å²) in [5.74, 6) is 0. The average molecular weight is 220 g/mol. The molecular weight excluding hydrogens is 206 g/mol. The van der Waals surface area contributed by atoms with E-state index < -0.39 is 5.60 Å². The van der Waals surface area contributed by atoms with Gasteiger partial charge < -0.3 is 10.4 Å². The van der Waals surface area contributed by atoms with Crippen LogP contribution in [0.2, 0.25) is 4.34 Å². The number of nitrogens with one attached hydrogen (secondary N) is 1. The Labute approximate surface area is 87.5 Å². The van der Waals surface area contributed by atoms with Gasteiger partial charge in [-0.15, -0.1) is 11.3 Å².